The van der Waals surface area contributed by atoms with Gasteiger partial charge in [-0.15, -0.1) is 0 Å². The number of fused-ring (bicyclic) bond motifs is 3. The third-order valence-electron chi connectivity index (χ3n) is 5.40. The van der Waals surface area contributed by atoms with Crippen molar-refractivity contribution < 1.29 is 4.39 Å². The average Bonchev–Trinajstić information content (AvgIpc) is 2.81. The minimum atomic E-state index is -0.214. The first-order valence-electron chi connectivity index (χ1n) is 8.63. The molecule has 1 nitrogen and oxygen atoms in total. The summed E-state index contributed by atoms with van der Waals surface area (Å²) in [6, 6.07) is 20.0. The number of anilines is 2. The van der Waals surface area contributed by atoms with Crippen LogP contribution in [-0.2, 0) is 5.41 Å². The van der Waals surface area contributed by atoms with Crippen molar-refractivity contribution in [3.05, 3.63) is 83.2 Å². The van der Waals surface area contributed by atoms with E-state index in [4.69, 9.17) is 0 Å². The average molecular weight is 331 g/mol. The van der Waals surface area contributed by atoms with Crippen molar-refractivity contribution in [2.75, 3.05) is 11.9 Å². The highest BCUT2D eigenvalue weighted by atomic mass is 19.1. The summed E-state index contributed by atoms with van der Waals surface area (Å²) in [4.78, 5) is 2.04. The number of rotatable bonds is 2. The molecule has 1 aliphatic carbocycles. The molecule has 0 saturated carbocycles. The molecule has 0 fully saturated rings. The lowest BCUT2D eigenvalue weighted by atomic mass is 9.82. The fourth-order valence-electron chi connectivity index (χ4n) is 3.88. The summed E-state index contributed by atoms with van der Waals surface area (Å²) in [5.74, 6) is -0.214. The van der Waals surface area contributed by atoms with Gasteiger partial charge >= 0.3 is 0 Å². The molecule has 0 saturated heterocycles. The minimum absolute atomic E-state index is 0.0323. The molecule has 0 atom stereocenters. The summed E-state index contributed by atoms with van der Waals surface area (Å²) in [5.41, 5.74) is 8.52. The van der Waals surface area contributed by atoms with Crippen LogP contribution in [0.3, 0.4) is 0 Å². The molecule has 3 aromatic rings. The van der Waals surface area contributed by atoms with E-state index in [-0.39, 0.29) is 11.2 Å². The standard InChI is InChI=1S/C23H22FN/c1-15-8-10-19-20-11-9-18(14-22(20)23(2,3)21(19)12-15)25(4)17-7-5-6-16(24)13-17/h5-14H,1-4H3. The monoisotopic (exact) mass is 331 g/mol. The Hall–Kier alpha value is -2.61. The molecule has 2 heteroatoms. The molecule has 126 valence electrons. The van der Waals surface area contributed by atoms with Crippen molar-refractivity contribution in [3.8, 4) is 11.1 Å². The van der Waals surface area contributed by atoms with E-state index in [0.717, 1.165) is 11.4 Å². The largest absolute Gasteiger partial charge is 0.345 e. The van der Waals surface area contributed by atoms with Gasteiger partial charge in [0.2, 0.25) is 0 Å². The molecular weight excluding hydrogens is 309 g/mol. The van der Waals surface area contributed by atoms with Gasteiger partial charge in [0.15, 0.2) is 0 Å². The lowest BCUT2D eigenvalue weighted by Crippen LogP contribution is -2.16. The minimum Gasteiger partial charge on any atom is -0.345 e. The van der Waals surface area contributed by atoms with Crippen LogP contribution in [0.15, 0.2) is 60.7 Å². The molecule has 0 spiro atoms. The van der Waals surface area contributed by atoms with Crippen LogP contribution < -0.4 is 4.90 Å². The second kappa shape index (κ2) is 5.45. The first kappa shape index (κ1) is 15.9. The number of hydrogen-bond donors (Lipinski definition) is 0. The van der Waals surface area contributed by atoms with Gasteiger partial charge in [0.1, 0.15) is 5.82 Å². The van der Waals surface area contributed by atoms with Crippen LogP contribution in [0.25, 0.3) is 11.1 Å². The number of benzene rings is 3. The predicted octanol–water partition coefficient (Wildman–Crippen LogP) is 6.21. The Balaban J connectivity index is 1.82. The van der Waals surface area contributed by atoms with Gasteiger partial charge < -0.3 is 4.90 Å². The molecule has 0 unspecified atom stereocenters. The zero-order valence-electron chi connectivity index (χ0n) is 15.1. The molecule has 0 heterocycles. The van der Waals surface area contributed by atoms with E-state index in [1.54, 1.807) is 12.1 Å². The lowest BCUT2D eigenvalue weighted by molar-refractivity contribution is 0.628. The molecule has 3 aromatic carbocycles. The summed E-state index contributed by atoms with van der Waals surface area (Å²) in [6.45, 7) is 6.70. The van der Waals surface area contributed by atoms with E-state index in [2.05, 4.69) is 57.2 Å². The van der Waals surface area contributed by atoms with Crippen molar-refractivity contribution in [1.29, 1.82) is 0 Å². The Labute approximate surface area is 148 Å². The molecule has 0 bridgehead atoms. The number of nitrogens with zero attached hydrogens (tertiary/aromatic N) is 1. The van der Waals surface area contributed by atoms with Crippen LogP contribution in [-0.4, -0.2) is 7.05 Å². The summed E-state index contributed by atoms with van der Waals surface area (Å²) in [5, 5.41) is 0. The summed E-state index contributed by atoms with van der Waals surface area (Å²) in [7, 11) is 1.98. The van der Waals surface area contributed by atoms with E-state index in [1.165, 1.54) is 33.9 Å². The molecule has 0 aliphatic heterocycles. The van der Waals surface area contributed by atoms with Crippen LogP contribution >= 0.6 is 0 Å². The van der Waals surface area contributed by atoms with Gasteiger partial charge in [-0.3, -0.25) is 0 Å². The van der Waals surface area contributed by atoms with Crippen LogP contribution in [0.2, 0.25) is 0 Å². The zero-order valence-corrected chi connectivity index (χ0v) is 15.1. The third-order valence-corrected chi connectivity index (χ3v) is 5.40. The summed E-state index contributed by atoms with van der Waals surface area (Å²) in [6.07, 6.45) is 0. The predicted molar refractivity (Wildman–Crippen MR) is 103 cm³/mol. The molecule has 0 radical (unpaired) electrons. The Bertz CT molecular complexity index is 972. The van der Waals surface area contributed by atoms with E-state index in [9.17, 15) is 4.39 Å². The van der Waals surface area contributed by atoms with Crippen LogP contribution in [0.5, 0.6) is 0 Å². The van der Waals surface area contributed by atoms with E-state index in [0.29, 0.717) is 0 Å². The van der Waals surface area contributed by atoms with Gasteiger partial charge in [0.05, 0.1) is 0 Å². The van der Waals surface area contributed by atoms with Crippen molar-refractivity contribution in [2.45, 2.75) is 26.2 Å². The SMILES string of the molecule is Cc1ccc2c(c1)C(C)(C)c1cc(N(C)c3cccc(F)c3)ccc1-2. The van der Waals surface area contributed by atoms with Crippen LogP contribution in [0.1, 0.15) is 30.5 Å². The van der Waals surface area contributed by atoms with Crippen molar-refractivity contribution >= 4 is 11.4 Å². The molecule has 0 N–H and O–H groups in total. The quantitative estimate of drug-likeness (QED) is 0.540. The zero-order chi connectivity index (χ0) is 17.8. The summed E-state index contributed by atoms with van der Waals surface area (Å²) < 4.78 is 13.6. The first-order chi connectivity index (χ1) is 11.9. The molecule has 1 aliphatic rings. The van der Waals surface area contributed by atoms with Gasteiger partial charge in [0, 0.05) is 23.8 Å². The maximum atomic E-state index is 13.6. The second-order valence-electron chi connectivity index (χ2n) is 7.44. The maximum absolute atomic E-state index is 13.6. The smallest absolute Gasteiger partial charge is 0.125 e. The molecule has 4 rings (SSSR count). The van der Waals surface area contributed by atoms with Crippen LogP contribution in [0, 0.1) is 12.7 Å². The molecule has 0 aromatic heterocycles. The number of aryl methyl sites for hydroxylation is 1. The van der Waals surface area contributed by atoms with Crippen molar-refractivity contribution in [3.63, 3.8) is 0 Å². The van der Waals surface area contributed by atoms with Gasteiger partial charge in [0.25, 0.3) is 0 Å². The number of halogens is 1. The van der Waals surface area contributed by atoms with E-state index in [1.807, 2.05) is 18.0 Å². The van der Waals surface area contributed by atoms with Gasteiger partial charge in [-0.05, 0) is 59.5 Å². The first-order valence-corrected chi connectivity index (χ1v) is 8.63. The fourth-order valence-corrected chi connectivity index (χ4v) is 3.88. The van der Waals surface area contributed by atoms with Gasteiger partial charge in [-0.1, -0.05) is 49.7 Å². The lowest BCUT2D eigenvalue weighted by Gasteiger charge is -2.25. The number of hydrogen-bond acceptors (Lipinski definition) is 1. The van der Waals surface area contributed by atoms with E-state index >= 15 is 0 Å². The van der Waals surface area contributed by atoms with E-state index < -0.39 is 0 Å². The van der Waals surface area contributed by atoms with Crippen molar-refractivity contribution in [1.82, 2.24) is 0 Å². The van der Waals surface area contributed by atoms with Gasteiger partial charge in [-0.25, -0.2) is 4.39 Å². The Kier molecular flexibility index (Phi) is 3.47. The van der Waals surface area contributed by atoms with Gasteiger partial charge in [-0.2, -0.15) is 0 Å². The Morgan fingerprint density at radius 2 is 1.44 bits per heavy atom. The maximum Gasteiger partial charge on any atom is 0.125 e. The Morgan fingerprint density at radius 1 is 0.800 bits per heavy atom. The Morgan fingerprint density at radius 3 is 2.16 bits per heavy atom. The van der Waals surface area contributed by atoms with Crippen LogP contribution in [0.4, 0.5) is 15.8 Å². The molecular formula is C23H22FN. The normalized spacial score (nSPS) is 14.1. The second-order valence-corrected chi connectivity index (χ2v) is 7.44. The highest BCUT2D eigenvalue weighted by Gasteiger charge is 2.35. The third kappa shape index (κ3) is 2.44. The highest BCUT2D eigenvalue weighted by molar-refractivity contribution is 5.83. The summed E-state index contributed by atoms with van der Waals surface area (Å²) >= 11 is 0. The van der Waals surface area contributed by atoms with Crippen molar-refractivity contribution in [2.24, 2.45) is 0 Å². The fraction of sp³-hybridized carbons (Fsp3) is 0.217. The molecule has 0 amide bonds. The molecule has 25 heavy (non-hydrogen) atoms. The topological polar surface area (TPSA) is 3.24 Å². The highest BCUT2D eigenvalue weighted by Crippen LogP contribution is 2.50.